The van der Waals surface area contributed by atoms with Crippen LogP contribution in [0.3, 0.4) is 0 Å². The number of hydrogen-bond acceptors (Lipinski definition) is 3. The highest BCUT2D eigenvalue weighted by Gasteiger charge is 2.46. The van der Waals surface area contributed by atoms with Gasteiger partial charge in [0.25, 0.3) is 5.91 Å². The molecule has 1 aliphatic carbocycles. The van der Waals surface area contributed by atoms with Crippen LogP contribution in [0.2, 0.25) is 0 Å². The van der Waals surface area contributed by atoms with Crippen molar-refractivity contribution in [1.82, 2.24) is 9.80 Å². The molecule has 3 atom stereocenters. The van der Waals surface area contributed by atoms with Crippen molar-refractivity contribution in [1.29, 1.82) is 0 Å². The maximum atomic E-state index is 12.9. The Bertz CT molecular complexity index is 558. The Kier molecular flexibility index (Phi) is 4.12. The molecule has 1 amide bonds. The van der Waals surface area contributed by atoms with Crippen molar-refractivity contribution in [3.8, 4) is 0 Å². The third kappa shape index (κ3) is 3.02. The number of carbonyl (C=O) groups is 1. The zero-order chi connectivity index (χ0) is 15.8. The van der Waals surface area contributed by atoms with Crippen LogP contribution in [-0.2, 0) is 4.74 Å². The van der Waals surface area contributed by atoms with E-state index in [-0.39, 0.29) is 5.91 Å². The van der Waals surface area contributed by atoms with Crippen LogP contribution >= 0.6 is 0 Å². The number of methoxy groups -OCH3 is 1. The molecule has 0 spiro atoms. The molecule has 4 heteroatoms. The van der Waals surface area contributed by atoms with Crippen LogP contribution in [0.4, 0.5) is 0 Å². The smallest absolute Gasteiger partial charge is 0.254 e. The van der Waals surface area contributed by atoms with E-state index in [4.69, 9.17) is 4.74 Å². The number of benzene rings is 1. The van der Waals surface area contributed by atoms with Crippen LogP contribution < -0.4 is 0 Å². The molecule has 1 saturated carbocycles. The predicted octanol–water partition coefficient (Wildman–Crippen LogP) is 2.26. The lowest BCUT2D eigenvalue weighted by atomic mass is 9.88. The van der Waals surface area contributed by atoms with Crippen molar-refractivity contribution in [3.05, 3.63) is 35.9 Å². The van der Waals surface area contributed by atoms with Gasteiger partial charge in [0.2, 0.25) is 0 Å². The molecule has 124 valence electrons. The molecule has 0 radical (unpaired) electrons. The van der Waals surface area contributed by atoms with E-state index in [1.807, 2.05) is 37.4 Å². The van der Waals surface area contributed by atoms with E-state index in [2.05, 4.69) is 9.80 Å². The van der Waals surface area contributed by atoms with Gasteiger partial charge in [-0.3, -0.25) is 4.79 Å². The SMILES string of the molecule is CO[C@@H]1CCN(C(=O)c2ccccc2)[C@@H]2CN(CC3CC3)C[C@@H]21. The van der Waals surface area contributed by atoms with Crippen LogP contribution in [0.15, 0.2) is 30.3 Å². The van der Waals surface area contributed by atoms with Gasteiger partial charge in [0.1, 0.15) is 0 Å². The Morgan fingerprint density at radius 3 is 2.65 bits per heavy atom. The maximum absolute atomic E-state index is 12.9. The third-order valence-electron chi connectivity index (χ3n) is 5.74. The van der Waals surface area contributed by atoms with E-state index in [9.17, 15) is 4.79 Å². The molecule has 0 aromatic heterocycles. The fourth-order valence-corrected chi connectivity index (χ4v) is 4.34. The van der Waals surface area contributed by atoms with Gasteiger partial charge in [0, 0.05) is 44.8 Å². The zero-order valence-electron chi connectivity index (χ0n) is 13.9. The number of amides is 1. The summed E-state index contributed by atoms with van der Waals surface area (Å²) in [6.45, 7) is 4.11. The molecule has 1 aromatic rings. The van der Waals surface area contributed by atoms with E-state index in [0.29, 0.717) is 18.1 Å². The first-order valence-corrected chi connectivity index (χ1v) is 8.87. The van der Waals surface area contributed by atoms with E-state index in [0.717, 1.165) is 37.5 Å². The molecular formula is C19H26N2O2. The molecule has 2 aliphatic heterocycles. The molecule has 3 aliphatic rings. The van der Waals surface area contributed by atoms with Crippen LogP contribution in [0.1, 0.15) is 29.6 Å². The second-order valence-electron chi connectivity index (χ2n) is 7.32. The van der Waals surface area contributed by atoms with Crippen LogP contribution in [-0.4, -0.2) is 61.1 Å². The number of rotatable bonds is 4. The average Bonchev–Trinajstić information content (AvgIpc) is 3.30. The largest absolute Gasteiger partial charge is 0.381 e. The standard InChI is InChI=1S/C19H26N2O2/c1-23-18-9-10-21(19(22)15-5-3-2-4-6-15)17-13-20(12-16(17)18)11-14-7-8-14/h2-6,14,16-18H,7-13H2,1H3/t16-,17+,18+/m0/s1. The van der Waals surface area contributed by atoms with Gasteiger partial charge in [-0.05, 0) is 37.3 Å². The van der Waals surface area contributed by atoms with Crippen LogP contribution in [0.5, 0.6) is 0 Å². The summed E-state index contributed by atoms with van der Waals surface area (Å²) in [5, 5.41) is 0. The molecule has 2 saturated heterocycles. The topological polar surface area (TPSA) is 32.8 Å². The van der Waals surface area contributed by atoms with Crippen molar-refractivity contribution < 1.29 is 9.53 Å². The number of nitrogens with zero attached hydrogens (tertiary/aromatic N) is 2. The molecule has 23 heavy (non-hydrogen) atoms. The Balaban J connectivity index is 1.52. The summed E-state index contributed by atoms with van der Waals surface area (Å²) in [6.07, 6.45) is 4.01. The molecule has 2 heterocycles. The summed E-state index contributed by atoms with van der Waals surface area (Å²) in [5.74, 6) is 1.54. The minimum Gasteiger partial charge on any atom is -0.381 e. The van der Waals surface area contributed by atoms with Gasteiger partial charge in [-0.15, -0.1) is 0 Å². The molecule has 0 bridgehead atoms. The van der Waals surface area contributed by atoms with Gasteiger partial charge in [0.05, 0.1) is 12.1 Å². The Morgan fingerprint density at radius 1 is 1.17 bits per heavy atom. The Morgan fingerprint density at radius 2 is 1.96 bits per heavy atom. The van der Waals surface area contributed by atoms with Crippen molar-refractivity contribution in [2.75, 3.05) is 33.3 Å². The highest BCUT2D eigenvalue weighted by Crippen LogP contribution is 2.36. The third-order valence-corrected chi connectivity index (χ3v) is 5.74. The summed E-state index contributed by atoms with van der Waals surface area (Å²) in [5.41, 5.74) is 0.808. The van der Waals surface area contributed by atoms with E-state index in [1.165, 1.54) is 19.4 Å². The predicted molar refractivity (Wildman–Crippen MR) is 89.3 cm³/mol. The first kappa shape index (κ1) is 15.2. The molecule has 3 fully saturated rings. The fourth-order valence-electron chi connectivity index (χ4n) is 4.34. The summed E-state index contributed by atoms with van der Waals surface area (Å²) in [7, 11) is 1.82. The normalized spacial score (nSPS) is 31.2. The lowest BCUT2D eigenvalue weighted by Crippen LogP contribution is -2.53. The monoisotopic (exact) mass is 314 g/mol. The second-order valence-corrected chi connectivity index (χ2v) is 7.32. The molecule has 0 unspecified atom stereocenters. The quantitative estimate of drug-likeness (QED) is 0.854. The Hall–Kier alpha value is -1.39. The summed E-state index contributed by atoms with van der Waals surface area (Å²) in [4.78, 5) is 17.6. The number of ether oxygens (including phenoxy) is 1. The van der Waals surface area contributed by atoms with Crippen molar-refractivity contribution >= 4 is 5.91 Å². The minimum atomic E-state index is 0.184. The molecule has 0 N–H and O–H groups in total. The highest BCUT2D eigenvalue weighted by molar-refractivity contribution is 5.94. The van der Waals surface area contributed by atoms with Crippen molar-refractivity contribution in [2.24, 2.45) is 11.8 Å². The molecule has 1 aromatic carbocycles. The zero-order valence-corrected chi connectivity index (χ0v) is 13.9. The number of hydrogen-bond donors (Lipinski definition) is 0. The van der Waals surface area contributed by atoms with E-state index < -0.39 is 0 Å². The second kappa shape index (κ2) is 6.25. The van der Waals surface area contributed by atoms with E-state index in [1.54, 1.807) is 0 Å². The van der Waals surface area contributed by atoms with Gasteiger partial charge in [-0.2, -0.15) is 0 Å². The average molecular weight is 314 g/mol. The van der Waals surface area contributed by atoms with E-state index >= 15 is 0 Å². The summed E-state index contributed by atoms with van der Waals surface area (Å²) in [6, 6.07) is 10.0. The maximum Gasteiger partial charge on any atom is 0.254 e. The van der Waals surface area contributed by atoms with Gasteiger partial charge in [-0.25, -0.2) is 0 Å². The number of piperidine rings is 1. The van der Waals surface area contributed by atoms with Gasteiger partial charge in [-0.1, -0.05) is 18.2 Å². The first-order valence-electron chi connectivity index (χ1n) is 8.87. The number of likely N-dealkylation sites (tertiary alicyclic amines) is 2. The fraction of sp³-hybridized carbons (Fsp3) is 0.632. The van der Waals surface area contributed by atoms with Gasteiger partial charge >= 0.3 is 0 Å². The number of fused-ring (bicyclic) bond motifs is 1. The van der Waals surface area contributed by atoms with Crippen molar-refractivity contribution in [2.45, 2.75) is 31.4 Å². The molecular weight excluding hydrogens is 288 g/mol. The summed E-state index contributed by atoms with van der Waals surface area (Å²) < 4.78 is 5.74. The molecule has 4 nitrogen and oxygen atoms in total. The minimum absolute atomic E-state index is 0.184. The number of carbonyl (C=O) groups excluding carboxylic acids is 1. The van der Waals surface area contributed by atoms with Crippen LogP contribution in [0.25, 0.3) is 0 Å². The lowest BCUT2D eigenvalue weighted by molar-refractivity contribution is -0.0156. The molecule has 4 rings (SSSR count). The van der Waals surface area contributed by atoms with Gasteiger partial charge in [0.15, 0.2) is 0 Å². The van der Waals surface area contributed by atoms with Gasteiger partial charge < -0.3 is 14.5 Å². The highest BCUT2D eigenvalue weighted by atomic mass is 16.5. The van der Waals surface area contributed by atoms with Crippen LogP contribution in [0, 0.1) is 11.8 Å². The summed E-state index contributed by atoms with van der Waals surface area (Å²) >= 11 is 0. The van der Waals surface area contributed by atoms with Crippen molar-refractivity contribution in [3.63, 3.8) is 0 Å². The lowest BCUT2D eigenvalue weighted by Gasteiger charge is -2.41. The first-order chi connectivity index (χ1) is 11.3. The Labute approximate surface area is 138 Å².